The number of ketones is 1. The summed E-state index contributed by atoms with van der Waals surface area (Å²) in [5.41, 5.74) is 3.58. The van der Waals surface area contributed by atoms with Crippen LogP contribution in [0.2, 0.25) is 10.0 Å². The smallest absolute Gasteiger partial charge is 0.273 e. The summed E-state index contributed by atoms with van der Waals surface area (Å²) in [6.45, 7) is -0.691. The minimum absolute atomic E-state index is 0.0434. The fourth-order valence-corrected chi connectivity index (χ4v) is 7.46. The molecule has 2 bridgehead atoms. The number of nitro groups is 1. The number of hydrazine groups is 1. The molecular weight excluding hydrogens is 605 g/mol. The van der Waals surface area contributed by atoms with Gasteiger partial charge >= 0.3 is 0 Å². The van der Waals surface area contributed by atoms with E-state index >= 15 is 0 Å². The number of rotatable bonds is 6. The Kier molecular flexibility index (Phi) is 6.60. The summed E-state index contributed by atoms with van der Waals surface area (Å²) in [6.07, 6.45) is 0. The molecule has 218 valence electrons. The average molecular weight is 626 g/mol. The molecule has 4 aromatic rings. The van der Waals surface area contributed by atoms with Crippen LogP contribution in [0.4, 0.5) is 5.69 Å². The first-order chi connectivity index (χ1) is 21.2. The second-order valence-electron chi connectivity index (χ2n) is 11.0. The van der Waals surface area contributed by atoms with Gasteiger partial charge in [0, 0.05) is 40.1 Å². The average Bonchev–Trinajstić information content (AvgIpc) is 3.29. The minimum Gasteiger partial charge on any atom is -0.292 e. The molecule has 3 amide bonds. The molecule has 1 heterocycles. The number of nitro benzene ring substituents is 1. The third-order valence-corrected chi connectivity index (χ3v) is 9.30. The van der Waals surface area contributed by atoms with Crippen molar-refractivity contribution >= 4 is 52.4 Å². The summed E-state index contributed by atoms with van der Waals surface area (Å²) in [5, 5.41) is 13.2. The largest absolute Gasteiger partial charge is 0.292 e. The number of non-ortho nitro benzene ring substituents is 1. The standard InChI is InChI=1S/C33H21Cl2N3O6/c34-18-11-14-24(25(35)15-18)26(39)16-36(31(40)17-9-12-19(13-10-17)38(43)44)37-32(41)29-27-20-5-1-2-6-21(20)28(30(29)33(37)42)23-8-4-3-7-22(23)27/h1-15,27-30H,16H2/t27?,28?,29-,30+. The van der Waals surface area contributed by atoms with E-state index in [1.807, 2.05) is 48.5 Å². The van der Waals surface area contributed by atoms with Gasteiger partial charge in [-0.3, -0.25) is 29.3 Å². The molecule has 0 unspecified atom stereocenters. The monoisotopic (exact) mass is 625 g/mol. The number of imide groups is 1. The topological polar surface area (TPSA) is 118 Å². The number of hydrogen-bond donors (Lipinski definition) is 0. The molecule has 11 heteroatoms. The van der Waals surface area contributed by atoms with E-state index in [0.717, 1.165) is 44.4 Å². The molecule has 0 spiro atoms. The highest BCUT2D eigenvalue weighted by molar-refractivity contribution is 6.37. The van der Waals surface area contributed by atoms with Gasteiger partial charge in [-0.1, -0.05) is 71.7 Å². The van der Waals surface area contributed by atoms with Gasteiger partial charge in [0.1, 0.15) is 6.54 Å². The van der Waals surface area contributed by atoms with Crippen LogP contribution in [0.3, 0.4) is 0 Å². The first kappa shape index (κ1) is 27.9. The van der Waals surface area contributed by atoms with Crippen LogP contribution in [0.1, 0.15) is 54.8 Å². The molecule has 2 atom stereocenters. The molecule has 0 saturated carbocycles. The summed E-state index contributed by atoms with van der Waals surface area (Å²) in [5.74, 6) is -5.09. The predicted octanol–water partition coefficient (Wildman–Crippen LogP) is 6.03. The van der Waals surface area contributed by atoms with Crippen LogP contribution >= 0.6 is 23.2 Å². The van der Waals surface area contributed by atoms with E-state index in [4.69, 9.17) is 23.2 Å². The fraction of sp³-hybridized carbons (Fsp3) is 0.152. The van der Waals surface area contributed by atoms with Crippen molar-refractivity contribution in [2.75, 3.05) is 6.54 Å². The summed E-state index contributed by atoms with van der Waals surface area (Å²) < 4.78 is 0. The van der Waals surface area contributed by atoms with Crippen molar-refractivity contribution < 1.29 is 24.1 Å². The zero-order chi connectivity index (χ0) is 30.9. The van der Waals surface area contributed by atoms with Crippen molar-refractivity contribution in [1.82, 2.24) is 10.0 Å². The quantitative estimate of drug-likeness (QED) is 0.112. The van der Waals surface area contributed by atoms with Crippen molar-refractivity contribution in [3.8, 4) is 0 Å². The number of amides is 3. The van der Waals surface area contributed by atoms with Gasteiger partial charge in [0.2, 0.25) is 0 Å². The third kappa shape index (κ3) is 4.15. The molecular formula is C33H21Cl2N3O6. The lowest BCUT2D eigenvalue weighted by molar-refractivity contribution is -0.384. The molecule has 4 aromatic carbocycles. The van der Waals surface area contributed by atoms with E-state index in [1.54, 1.807) is 0 Å². The predicted molar refractivity (Wildman–Crippen MR) is 160 cm³/mol. The molecule has 0 N–H and O–H groups in total. The van der Waals surface area contributed by atoms with Crippen molar-refractivity contribution in [2.24, 2.45) is 11.8 Å². The maximum atomic E-state index is 14.4. The Balaban J connectivity index is 1.33. The molecule has 4 aliphatic rings. The van der Waals surface area contributed by atoms with Gasteiger partial charge in [-0.05, 0) is 52.6 Å². The summed E-state index contributed by atoms with van der Waals surface area (Å²) in [7, 11) is 0. The Hall–Kier alpha value is -4.86. The molecule has 3 aliphatic carbocycles. The second-order valence-corrected chi connectivity index (χ2v) is 11.8. The number of hydrogen-bond acceptors (Lipinski definition) is 6. The zero-order valence-electron chi connectivity index (χ0n) is 22.7. The van der Waals surface area contributed by atoms with Crippen LogP contribution in [0.5, 0.6) is 0 Å². The van der Waals surface area contributed by atoms with Crippen molar-refractivity contribution in [3.05, 3.63) is 145 Å². The SMILES string of the molecule is O=C(CN(C(=O)c1ccc([N+](=O)[O-])cc1)N1C(=O)[C@@H]2C3c4ccccc4C(c4ccccc43)[C@@H]2C1=O)c1ccc(Cl)cc1Cl. The highest BCUT2D eigenvalue weighted by Gasteiger charge is 2.63. The van der Waals surface area contributed by atoms with E-state index in [-0.39, 0.29) is 21.8 Å². The Morgan fingerprint density at radius 1 is 0.773 bits per heavy atom. The minimum atomic E-state index is -0.846. The number of benzene rings is 4. The van der Waals surface area contributed by atoms with Gasteiger partial charge in [0.15, 0.2) is 5.78 Å². The van der Waals surface area contributed by atoms with E-state index < -0.39 is 58.6 Å². The fourth-order valence-electron chi connectivity index (χ4n) is 6.94. The van der Waals surface area contributed by atoms with Crippen molar-refractivity contribution in [3.63, 3.8) is 0 Å². The third-order valence-electron chi connectivity index (χ3n) is 8.75. The maximum absolute atomic E-state index is 14.4. The van der Waals surface area contributed by atoms with Gasteiger partial charge in [-0.15, -0.1) is 0 Å². The summed E-state index contributed by atoms with van der Waals surface area (Å²) >= 11 is 12.3. The highest BCUT2D eigenvalue weighted by Crippen LogP contribution is 2.61. The highest BCUT2D eigenvalue weighted by atomic mass is 35.5. The van der Waals surface area contributed by atoms with Crippen LogP contribution in [0, 0.1) is 22.0 Å². The van der Waals surface area contributed by atoms with Crippen LogP contribution < -0.4 is 0 Å². The van der Waals surface area contributed by atoms with E-state index in [1.165, 1.54) is 30.3 Å². The lowest BCUT2D eigenvalue weighted by Gasteiger charge is -2.45. The molecule has 1 aliphatic heterocycles. The molecule has 0 aromatic heterocycles. The Labute approximate surface area is 260 Å². The van der Waals surface area contributed by atoms with Crippen molar-refractivity contribution in [1.29, 1.82) is 0 Å². The number of carbonyl (C=O) groups is 4. The molecule has 8 rings (SSSR count). The molecule has 44 heavy (non-hydrogen) atoms. The first-order valence-electron chi connectivity index (χ1n) is 13.8. The molecule has 9 nitrogen and oxygen atoms in total. The van der Waals surface area contributed by atoms with Crippen LogP contribution in [-0.4, -0.2) is 45.0 Å². The molecule has 0 radical (unpaired) electrons. The van der Waals surface area contributed by atoms with E-state index in [9.17, 15) is 29.3 Å². The summed E-state index contributed by atoms with van der Waals surface area (Å²) in [6, 6.07) is 24.4. The number of carbonyl (C=O) groups excluding carboxylic acids is 4. The van der Waals surface area contributed by atoms with Crippen LogP contribution in [0.15, 0.2) is 91.0 Å². The number of Topliss-reactive ketones (excluding diaryl/α,β-unsaturated/α-hetero) is 1. The lowest BCUT2D eigenvalue weighted by Crippen LogP contribution is -2.52. The Morgan fingerprint density at radius 2 is 1.27 bits per heavy atom. The van der Waals surface area contributed by atoms with E-state index in [2.05, 4.69) is 0 Å². The molecule has 1 saturated heterocycles. The van der Waals surface area contributed by atoms with Gasteiger partial charge in [-0.2, -0.15) is 5.01 Å². The Bertz CT molecular complexity index is 1810. The Morgan fingerprint density at radius 3 is 1.73 bits per heavy atom. The lowest BCUT2D eigenvalue weighted by atomic mass is 9.55. The summed E-state index contributed by atoms with van der Waals surface area (Å²) in [4.78, 5) is 67.0. The molecule has 1 fully saturated rings. The maximum Gasteiger partial charge on any atom is 0.273 e. The van der Waals surface area contributed by atoms with Gasteiger partial charge in [-0.25, -0.2) is 5.01 Å². The second kappa shape index (κ2) is 10.4. The van der Waals surface area contributed by atoms with E-state index in [0.29, 0.717) is 5.02 Å². The van der Waals surface area contributed by atoms with Gasteiger partial charge in [0.05, 0.1) is 21.8 Å². The number of halogens is 2. The zero-order valence-corrected chi connectivity index (χ0v) is 24.2. The van der Waals surface area contributed by atoms with Crippen LogP contribution in [-0.2, 0) is 9.59 Å². The van der Waals surface area contributed by atoms with Gasteiger partial charge < -0.3 is 0 Å². The first-order valence-corrected chi connectivity index (χ1v) is 14.5. The van der Waals surface area contributed by atoms with Crippen LogP contribution in [0.25, 0.3) is 0 Å². The van der Waals surface area contributed by atoms with Crippen molar-refractivity contribution in [2.45, 2.75) is 11.8 Å². The normalized spacial score (nSPS) is 21.0. The number of nitrogens with zero attached hydrogens (tertiary/aromatic N) is 3. The van der Waals surface area contributed by atoms with Gasteiger partial charge in [0.25, 0.3) is 23.4 Å².